The van der Waals surface area contributed by atoms with Crippen LogP contribution in [0.15, 0.2) is 46.9 Å². The van der Waals surface area contributed by atoms with Gasteiger partial charge in [0.25, 0.3) is 0 Å². The summed E-state index contributed by atoms with van der Waals surface area (Å²) in [4.78, 5) is 16.9. The van der Waals surface area contributed by atoms with Crippen molar-refractivity contribution >= 4 is 27.5 Å². The molecule has 1 heterocycles. The first-order valence-corrected chi connectivity index (χ1v) is 9.16. The largest absolute Gasteiger partial charge is 0.368 e. The minimum atomic E-state index is 0.216. The highest BCUT2D eigenvalue weighted by atomic mass is 79.9. The van der Waals surface area contributed by atoms with Gasteiger partial charge in [0.15, 0.2) is 0 Å². The minimum absolute atomic E-state index is 0.216. The normalized spacial score (nSPS) is 14.8. The lowest BCUT2D eigenvalue weighted by molar-refractivity contribution is -0.130. The van der Waals surface area contributed by atoms with Gasteiger partial charge in [0.2, 0.25) is 5.91 Å². The molecule has 0 bridgehead atoms. The fourth-order valence-electron chi connectivity index (χ4n) is 3.28. The van der Waals surface area contributed by atoms with Crippen molar-refractivity contribution in [3.05, 3.63) is 63.6 Å². The SMILES string of the molecule is Cc1cc(C)cc(N2CCN(C(=O)Cc3cccc(Br)c3)CC2)c1. The van der Waals surface area contributed by atoms with Crippen LogP contribution in [-0.2, 0) is 11.2 Å². The van der Waals surface area contributed by atoms with Crippen molar-refractivity contribution in [3.8, 4) is 0 Å². The van der Waals surface area contributed by atoms with Crippen LogP contribution in [0.1, 0.15) is 16.7 Å². The van der Waals surface area contributed by atoms with Crippen LogP contribution in [0.3, 0.4) is 0 Å². The Morgan fingerprint density at radius 1 is 1.00 bits per heavy atom. The van der Waals surface area contributed by atoms with Gasteiger partial charge in [-0.1, -0.05) is 34.1 Å². The Kier molecular flexibility index (Phi) is 5.24. The summed E-state index contributed by atoms with van der Waals surface area (Å²) in [7, 11) is 0. The number of amides is 1. The zero-order valence-corrected chi connectivity index (χ0v) is 15.8. The molecule has 2 aromatic rings. The molecule has 1 aliphatic heterocycles. The maximum absolute atomic E-state index is 12.5. The van der Waals surface area contributed by atoms with Crippen molar-refractivity contribution in [1.29, 1.82) is 0 Å². The van der Waals surface area contributed by atoms with E-state index in [9.17, 15) is 4.79 Å². The van der Waals surface area contributed by atoms with Crippen molar-refractivity contribution in [2.75, 3.05) is 31.1 Å². The van der Waals surface area contributed by atoms with Gasteiger partial charge in [-0.15, -0.1) is 0 Å². The summed E-state index contributed by atoms with van der Waals surface area (Å²) in [5, 5.41) is 0. The zero-order valence-electron chi connectivity index (χ0n) is 14.3. The zero-order chi connectivity index (χ0) is 17.1. The monoisotopic (exact) mass is 386 g/mol. The molecule has 0 aromatic heterocycles. The Hall–Kier alpha value is -1.81. The molecule has 0 unspecified atom stereocenters. The second-order valence-corrected chi connectivity index (χ2v) is 7.44. The molecule has 2 aromatic carbocycles. The highest BCUT2D eigenvalue weighted by molar-refractivity contribution is 9.10. The number of carbonyl (C=O) groups is 1. The number of benzene rings is 2. The van der Waals surface area contributed by atoms with Gasteiger partial charge in [0.05, 0.1) is 6.42 Å². The molecule has 1 fully saturated rings. The molecule has 0 N–H and O–H groups in total. The average Bonchev–Trinajstić information content (AvgIpc) is 2.54. The van der Waals surface area contributed by atoms with Gasteiger partial charge in [-0.25, -0.2) is 0 Å². The number of anilines is 1. The predicted octanol–water partition coefficient (Wildman–Crippen LogP) is 3.96. The van der Waals surface area contributed by atoms with Gasteiger partial charge in [-0.2, -0.15) is 0 Å². The number of piperazine rings is 1. The fraction of sp³-hybridized carbons (Fsp3) is 0.350. The third-order valence-corrected chi connectivity index (χ3v) is 4.94. The molecule has 0 radical (unpaired) electrons. The molecule has 0 aliphatic carbocycles. The Bertz CT molecular complexity index is 716. The van der Waals surface area contributed by atoms with Gasteiger partial charge in [-0.05, 0) is 54.8 Å². The fourth-order valence-corrected chi connectivity index (χ4v) is 3.73. The molecule has 3 rings (SSSR count). The van der Waals surface area contributed by atoms with Crippen LogP contribution in [0.2, 0.25) is 0 Å². The van der Waals surface area contributed by atoms with E-state index in [2.05, 4.69) is 52.9 Å². The van der Waals surface area contributed by atoms with E-state index in [0.717, 1.165) is 36.2 Å². The van der Waals surface area contributed by atoms with E-state index in [4.69, 9.17) is 0 Å². The molecular weight excluding hydrogens is 364 g/mol. The number of aryl methyl sites for hydroxylation is 2. The quantitative estimate of drug-likeness (QED) is 0.796. The molecule has 0 atom stereocenters. The lowest BCUT2D eigenvalue weighted by atomic mass is 10.1. The molecule has 24 heavy (non-hydrogen) atoms. The second-order valence-electron chi connectivity index (χ2n) is 6.52. The van der Waals surface area contributed by atoms with Crippen molar-refractivity contribution in [1.82, 2.24) is 4.90 Å². The molecular formula is C20H23BrN2O. The first-order chi connectivity index (χ1) is 11.5. The van der Waals surface area contributed by atoms with Crippen LogP contribution >= 0.6 is 15.9 Å². The van der Waals surface area contributed by atoms with Crippen LogP contribution < -0.4 is 4.90 Å². The first-order valence-electron chi connectivity index (χ1n) is 8.37. The summed E-state index contributed by atoms with van der Waals surface area (Å²) in [6, 6.07) is 14.6. The predicted molar refractivity (Wildman–Crippen MR) is 103 cm³/mol. The number of nitrogens with zero attached hydrogens (tertiary/aromatic N) is 2. The number of halogens is 1. The van der Waals surface area contributed by atoms with Gasteiger partial charge in [-0.3, -0.25) is 4.79 Å². The molecule has 0 spiro atoms. The lowest BCUT2D eigenvalue weighted by Gasteiger charge is -2.36. The molecule has 1 saturated heterocycles. The van der Waals surface area contributed by atoms with Gasteiger partial charge >= 0.3 is 0 Å². The maximum atomic E-state index is 12.5. The van der Waals surface area contributed by atoms with Crippen molar-refractivity contribution in [2.45, 2.75) is 20.3 Å². The van der Waals surface area contributed by atoms with Crippen LogP contribution in [0.25, 0.3) is 0 Å². The first kappa shape index (κ1) is 17.0. The van der Waals surface area contributed by atoms with Gasteiger partial charge < -0.3 is 9.80 Å². The molecule has 0 saturated carbocycles. The standard InChI is InChI=1S/C20H23BrN2O/c1-15-10-16(2)12-19(11-15)22-6-8-23(9-7-22)20(24)14-17-4-3-5-18(21)13-17/h3-5,10-13H,6-9,14H2,1-2H3. The highest BCUT2D eigenvalue weighted by Crippen LogP contribution is 2.21. The van der Waals surface area contributed by atoms with E-state index < -0.39 is 0 Å². The summed E-state index contributed by atoms with van der Waals surface area (Å²) in [6.45, 7) is 7.64. The van der Waals surface area contributed by atoms with E-state index in [1.165, 1.54) is 16.8 Å². The molecule has 1 amide bonds. The molecule has 4 heteroatoms. The van der Waals surface area contributed by atoms with E-state index >= 15 is 0 Å². The Balaban J connectivity index is 1.59. The average molecular weight is 387 g/mol. The summed E-state index contributed by atoms with van der Waals surface area (Å²) >= 11 is 3.46. The number of carbonyl (C=O) groups excluding carboxylic acids is 1. The van der Waals surface area contributed by atoms with E-state index in [-0.39, 0.29) is 5.91 Å². The number of hydrogen-bond acceptors (Lipinski definition) is 2. The van der Waals surface area contributed by atoms with E-state index in [1.54, 1.807) is 0 Å². The maximum Gasteiger partial charge on any atom is 0.227 e. The van der Waals surface area contributed by atoms with Crippen LogP contribution in [0.5, 0.6) is 0 Å². The summed E-state index contributed by atoms with van der Waals surface area (Å²) < 4.78 is 1.02. The topological polar surface area (TPSA) is 23.6 Å². The highest BCUT2D eigenvalue weighted by Gasteiger charge is 2.21. The summed E-state index contributed by atoms with van der Waals surface area (Å²) in [5.41, 5.74) is 4.91. The van der Waals surface area contributed by atoms with Gasteiger partial charge in [0, 0.05) is 36.3 Å². The third kappa shape index (κ3) is 4.18. The molecule has 3 nitrogen and oxygen atoms in total. The third-order valence-electron chi connectivity index (χ3n) is 4.45. The second kappa shape index (κ2) is 7.39. The number of hydrogen-bond donors (Lipinski definition) is 0. The Morgan fingerprint density at radius 2 is 1.67 bits per heavy atom. The van der Waals surface area contributed by atoms with Crippen LogP contribution in [0, 0.1) is 13.8 Å². The van der Waals surface area contributed by atoms with Crippen molar-refractivity contribution in [2.24, 2.45) is 0 Å². The minimum Gasteiger partial charge on any atom is -0.368 e. The summed E-state index contributed by atoms with van der Waals surface area (Å²) in [6.07, 6.45) is 0.475. The lowest BCUT2D eigenvalue weighted by Crippen LogP contribution is -2.49. The van der Waals surface area contributed by atoms with Crippen molar-refractivity contribution < 1.29 is 4.79 Å². The molecule has 1 aliphatic rings. The van der Waals surface area contributed by atoms with E-state index in [0.29, 0.717) is 6.42 Å². The van der Waals surface area contributed by atoms with E-state index in [1.807, 2.05) is 29.2 Å². The van der Waals surface area contributed by atoms with Crippen molar-refractivity contribution in [3.63, 3.8) is 0 Å². The number of rotatable bonds is 3. The Morgan fingerprint density at radius 3 is 2.29 bits per heavy atom. The van der Waals surface area contributed by atoms with Gasteiger partial charge in [0.1, 0.15) is 0 Å². The summed E-state index contributed by atoms with van der Waals surface area (Å²) in [5.74, 6) is 0.216. The van der Waals surface area contributed by atoms with Crippen LogP contribution in [0.4, 0.5) is 5.69 Å². The molecule has 126 valence electrons. The smallest absolute Gasteiger partial charge is 0.227 e. The Labute approximate surface area is 152 Å². The van der Waals surface area contributed by atoms with Crippen LogP contribution in [-0.4, -0.2) is 37.0 Å².